The maximum Gasteiger partial charge on any atom is 0.171 e. The fourth-order valence-electron chi connectivity index (χ4n) is 2.66. The average Bonchev–Trinajstić information content (AvgIpc) is 2.96. The number of aryl methyl sites for hydroxylation is 1. The number of fused-ring (bicyclic) bond motifs is 2. The molecule has 22 heavy (non-hydrogen) atoms. The van der Waals surface area contributed by atoms with Gasteiger partial charge in [0.15, 0.2) is 11.6 Å². The van der Waals surface area contributed by atoms with Crippen LogP contribution in [0.1, 0.15) is 17.3 Å². The summed E-state index contributed by atoms with van der Waals surface area (Å²) in [6.07, 6.45) is 0. The van der Waals surface area contributed by atoms with E-state index in [4.69, 9.17) is 9.47 Å². The summed E-state index contributed by atoms with van der Waals surface area (Å²) >= 11 is 0. The number of aromatic nitrogens is 4. The molecule has 0 aliphatic carbocycles. The van der Waals surface area contributed by atoms with Gasteiger partial charge < -0.3 is 14.0 Å². The number of hydrogen-bond donors (Lipinski definition) is 0. The molecule has 0 spiro atoms. The first-order valence-corrected chi connectivity index (χ1v) is 7.29. The highest BCUT2D eigenvalue weighted by Gasteiger charge is 2.16. The number of hydrogen-bond acceptors (Lipinski definition) is 5. The van der Waals surface area contributed by atoms with Crippen LogP contribution < -0.4 is 4.74 Å². The van der Waals surface area contributed by atoms with Gasteiger partial charge in [0.1, 0.15) is 19.0 Å². The van der Waals surface area contributed by atoms with E-state index in [1.807, 2.05) is 37.3 Å². The number of pyridine rings is 1. The Morgan fingerprint density at radius 1 is 1.23 bits per heavy atom. The Bertz CT molecular complexity index is 828. The molecule has 0 radical (unpaired) electrons. The van der Waals surface area contributed by atoms with Gasteiger partial charge in [-0.2, -0.15) is 0 Å². The molecule has 0 N–H and O–H groups in total. The van der Waals surface area contributed by atoms with Crippen LogP contribution in [-0.2, 0) is 24.5 Å². The van der Waals surface area contributed by atoms with Crippen LogP contribution in [0.15, 0.2) is 30.3 Å². The Labute approximate surface area is 127 Å². The van der Waals surface area contributed by atoms with E-state index in [-0.39, 0.29) is 0 Å². The van der Waals surface area contributed by atoms with E-state index < -0.39 is 0 Å². The normalized spacial score (nSPS) is 14.0. The lowest BCUT2D eigenvalue weighted by molar-refractivity contribution is 0.0794. The molecule has 6 heteroatoms. The molecule has 6 nitrogen and oxygen atoms in total. The van der Waals surface area contributed by atoms with Crippen LogP contribution in [0.5, 0.6) is 5.75 Å². The summed E-state index contributed by atoms with van der Waals surface area (Å²) in [5.41, 5.74) is 1.94. The van der Waals surface area contributed by atoms with E-state index in [0.29, 0.717) is 19.8 Å². The molecule has 1 aromatic carbocycles. The minimum absolute atomic E-state index is 0.389. The summed E-state index contributed by atoms with van der Waals surface area (Å²) in [5, 5.41) is 9.35. The molecular formula is C16H16N4O2. The minimum Gasteiger partial charge on any atom is -0.485 e. The molecule has 0 fully saturated rings. The van der Waals surface area contributed by atoms with Gasteiger partial charge >= 0.3 is 0 Å². The van der Waals surface area contributed by atoms with Crippen LogP contribution >= 0.6 is 0 Å². The molecule has 2 aromatic heterocycles. The van der Waals surface area contributed by atoms with Gasteiger partial charge in [0, 0.05) is 17.6 Å². The molecule has 4 rings (SSSR count). The summed E-state index contributed by atoms with van der Waals surface area (Å²) in [4.78, 5) is 4.52. The molecule has 0 saturated carbocycles. The van der Waals surface area contributed by atoms with Gasteiger partial charge in [-0.15, -0.1) is 10.2 Å². The molecule has 0 unspecified atom stereocenters. The first kappa shape index (κ1) is 13.2. The maximum absolute atomic E-state index is 5.97. The van der Waals surface area contributed by atoms with Crippen LogP contribution in [0.2, 0.25) is 0 Å². The molecular weight excluding hydrogens is 280 g/mol. The van der Waals surface area contributed by atoms with E-state index in [0.717, 1.165) is 40.5 Å². The second kappa shape index (κ2) is 5.38. The summed E-state index contributed by atoms with van der Waals surface area (Å²) < 4.78 is 13.4. The van der Waals surface area contributed by atoms with Crippen molar-refractivity contribution in [3.63, 3.8) is 0 Å². The summed E-state index contributed by atoms with van der Waals surface area (Å²) in [7, 11) is 0. The van der Waals surface area contributed by atoms with E-state index in [1.165, 1.54) is 0 Å². The van der Waals surface area contributed by atoms with Gasteiger partial charge in [0.2, 0.25) is 0 Å². The largest absolute Gasteiger partial charge is 0.485 e. The standard InChI is InChI=1S/C16H16N4O2/c1-11-5-6-12-13(17-11)3-2-4-14(12)22-10-16-19-18-15-9-21-8-7-20(15)16/h2-6H,7-10H2,1H3. The Balaban J connectivity index is 1.60. The van der Waals surface area contributed by atoms with Gasteiger partial charge in [-0.1, -0.05) is 6.07 Å². The molecule has 3 aromatic rings. The predicted molar refractivity (Wildman–Crippen MR) is 80.5 cm³/mol. The number of benzene rings is 1. The Morgan fingerprint density at radius 3 is 3.14 bits per heavy atom. The lowest BCUT2D eigenvalue weighted by atomic mass is 10.2. The van der Waals surface area contributed by atoms with Crippen molar-refractivity contribution in [3.05, 3.63) is 47.7 Å². The van der Waals surface area contributed by atoms with Crippen molar-refractivity contribution in [3.8, 4) is 5.75 Å². The third-order valence-electron chi connectivity index (χ3n) is 3.78. The highest BCUT2D eigenvalue weighted by Crippen LogP contribution is 2.25. The van der Waals surface area contributed by atoms with E-state index in [9.17, 15) is 0 Å². The van der Waals surface area contributed by atoms with Crippen LogP contribution in [0, 0.1) is 6.92 Å². The van der Waals surface area contributed by atoms with E-state index in [2.05, 4.69) is 19.7 Å². The second-order valence-corrected chi connectivity index (χ2v) is 5.30. The molecule has 1 aliphatic rings. The van der Waals surface area contributed by atoms with Crippen LogP contribution in [0.4, 0.5) is 0 Å². The lowest BCUT2D eigenvalue weighted by Crippen LogP contribution is -2.19. The van der Waals surface area contributed by atoms with Crippen molar-refractivity contribution in [2.24, 2.45) is 0 Å². The molecule has 1 aliphatic heterocycles. The summed E-state index contributed by atoms with van der Waals surface area (Å²) in [6, 6.07) is 9.93. The van der Waals surface area contributed by atoms with Gasteiger partial charge in [-0.3, -0.25) is 4.98 Å². The maximum atomic E-state index is 5.97. The van der Waals surface area contributed by atoms with Crippen LogP contribution in [0.25, 0.3) is 10.9 Å². The number of rotatable bonds is 3. The van der Waals surface area contributed by atoms with Crippen LogP contribution in [0.3, 0.4) is 0 Å². The van der Waals surface area contributed by atoms with Crippen molar-refractivity contribution >= 4 is 10.9 Å². The Morgan fingerprint density at radius 2 is 2.18 bits per heavy atom. The molecule has 112 valence electrons. The zero-order valence-electron chi connectivity index (χ0n) is 12.3. The smallest absolute Gasteiger partial charge is 0.171 e. The van der Waals surface area contributed by atoms with Crippen molar-refractivity contribution < 1.29 is 9.47 Å². The Hall–Kier alpha value is -2.47. The van der Waals surface area contributed by atoms with Gasteiger partial charge in [-0.25, -0.2) is 0 Å². The quantitative estimate of drug-likeness (QED) is 0.742. The predicted octanol–water partition coefficient (Wildman–Crippen LogP) is 2.24. The fourth-order valence-corrected chi connectivity index (χ4v) is 2.66. The van der Waals surface area contributed by atoms with E-state index in [1.54, 1.807) is 0 Å². The first-order valence-electron chi connectivity index (χ1n) is 7.29. The molecule has 0 bridgehead atoms. The van der Waals surface area contributed by atoms with Crippen molar-refractivity contribution in [1.29, 1.82) is 0 Å². The number of nitrogens with zero attached hydrogens (tertiary/aromatic N) is 4. The minimum atomic E-state index is 0.389. The second-order valence-electron chi connectivity index (χ2n) is 5.30. The zero-order valence-corrected chi connectivity index (χ0v) is 12.3. The van der Waals surface area contributed by atoms with E-state index >= 15 is 0 Å². The average molecular weight is 296 g/mol. The van der Waals surface area contributed by atoms with Gasteiger partial charge in [-0.05, 0) is 31.2 Å². The summed E-state index contributed by atoms with van der Waals surface area (Å²) in [5.74, 6) is 2.50. The third-order valence-corrected chi connectivity index (χ3v) is 3.78. The third kappa shape index (κ3) is 2.31. The van der Waals surface area contributed by atoms with Crippen LogP contribution in [-0.4, -0.2) is 26.4 Å². The topological polar surface area (TPSA) is 62.1 Å². The molecule has 3 heterocycles. The molecule has 0 amide bonds. The Kier molecular flexibility index (Phi) is 3.23. The first-order chi connectivity index (χ1) is 10.8. The van der Waals surface area contributed by atoms with Crippen molar-refractivity contribution in [2.45, 2.75) is 26.7 Å². The van der Waals surface area contributed by atoms with Gasteiger partial charge in [0.05, 0.1) is 12.1 Å². The highest BCUT2D eigenvalue weighted by atomic mass is 16.5. The summed E-state index contributed by atoms with van der Waals surface area (Å²) in [6.45, 7) is 4.36. The molecule has 0 saturated heterocycles. The van der Waals surface area contributed by atoms with Crippen molar-refractivity contribution in [1.82, 2.24) is 19.7 Å². The molecule has 0 atom stereocenters. The zero-order chi connectivity index (χ0) is 14.9. The number of ether oxygens (including phenoxy) is 2. The SMILES string of the molecule is Cc1ccc2c(OCc3nnc4n3CCOC4)cccc2n1. The van der Waals surface area contributed by atoms with Crippen molar-refractivity contribution in [2.75, 3.05) is 6.61 Å². The monoisotopic (exact) mass is 296 g/mol. The highest BCUT2D eigenvalue weighted by molar-refractivity contribution is 5.85. The fraction of sp³-hybridized carbons (Fsp3) is 0.312. The lowest BCUT2D eigenvalue weighted by Gasteiger charge is -2.16. The van der Waals surface area contributed by atoms with Gasteiger partial charge in [0.25, 0.3) is 0 Å².